The second-order valence-corrected chi connectivity index (χ2v) is 9.29. The molecule has 0 atom stereocenters. The van der Waals surface area contributed by atoms with E-state index in [1.807, 2.05) is 0 Å². The Bertz CT molecular complexity index is 1060. The van der Waals surface area contributed by atoms with Crippen molar-refractivity contribution in [2.45, 2.75) is 75.9 Å². The van der Waals surface area contributed by atoms with Crippen LogP contribution in [0.25, 0.3) is 10.2 Å². The van der Waals surface area contributed by atoms with Gasteiger partial charge in [-0.1, -0.05) is 31.5 Å². The van der Waals surface area contributed by atoms with Gasteiger partial charge in [0.15, 0.2) is 5.16 Å². The standard InChI is InChI=1S/C20H24F2N4OS2/c1-2-3-6-10-26-18(27)16-13-7-4-5-8-14(13)29-17(16)24-20(26)28-12-15-23-9-11-25(15)19(21)22/h9,11,19H,2-8,10,12H2,1H3. The smallest absolute Gasteiger partial charge is 0.287 e. The number of halogens is 2. The van der Waals surface area contributed by atoms with Crippen molar-refractivity contribution in [2.75, 3.05) is 0 Å². The highest BCUT2D eigenvalue weighted by molar-refractivity contribution is 7.98. The Morgan fingerprint density at radius 3 is 2.90 bits per heavy atom. The summed E-state index contributed by atoms with van der Waals surface area (Å²) in [5.41, 5.74) is 1.20. The zero-order valence-electron chi connectivity index (χ0n) is 16.4. The fraction of sp³-hybridized carbons (Fsp3) is 0.550. The van der Waals surface area contributed by atoms with E-state index in [1.165, 1.54) is 34.6 Å². The van der Waals surface area contributed by atoms with Crippen LogP contribution in [0.1, 0.15) is 61.8 Å². The van der Waals surface area contributed by atoms with Gasteiger partial charge in [-0.2, -0.15) is 8.78 Å². The highest BCUT2D eigenvalue weighted by atomic mass is 32.2. The Hall–Kier alpha value is -1.74. The van der Waals surface area contributed by atoms with Gasteiger partial charge < -0.3 is 0 Å². The van der Waals surface area contributed by atoms with E-state index < -0.39 is 6.55 Å². The van der Waals surface area contributed by atoms with Gasteiger partial charge in [0.05, 0.1) is 11.1 Å². The van der Waals surface area contributed by atoms with Crippen LogP contribution in [0, 0.1) is 0 Å². The quantitative estimate of drug-likeness (QED) is 0.268. The van der Waals surface area contributed by atoms with Crippen LogP contribution in [0.4, 0.5) is 8.78 Å². The monoisotopic (exact) mass is 438 g/mol. The number of fused-ring (bicyclic) bond motifs is 3. The fourth-order valence-electron chi connectivity index (χ4n) is 3.81. The third kappa shape index (κ3) is 4.12. The van der Waals surface area contributed by atoms with Crippen molar-refractivity contribution in [3.63, 3.8) is 0 Å². The van der Waals surface area contributed by atoms with Crippen LogP contribution in [0.15, 0.2) is 22.3 Å². The average Bonchev–Trinajstić information content (AvgIpc) is 3.32. The van der Waals surface area contributed by atoms with E-state index in [4.69, 9.17) is 4.98 Å². The highest BCUT2D eigenvalue weighted by Gasteiger charge is 2.22. The van der Waals surface area contributed by atoms with Crippen molar-refractivity contribution < 1.29 is 8.78 Å². The number of aryl methyl sites for hydroxylation is 2. The molecule has 0 fully saturated rings. The SMILES string of the molecule is CCCCCn1c(SCc2nccn2C(F)F)nc2sc3c(c2c1=O)CCCC3. The first-order chi connectivity index (χ1) is 14.1. The van der Waals surface area contributed by atoms with Crippen molar-refractivity contribution in [2.24, 2.45) is 0 Å². The van der Waals surface area contributed by atoms with Crippen molar-refractivity contribution in [3.05, 3.63) is 39.0 Å². The number of aromatic nitrogens is 4. The Morgan fingerprint density at radius 1 is 1.28 bits per heavy atom. The lowest BCUT2D eigenvalue weighted by Gasteiger charge is -2.13. The molecular weight excluding hydrogens is 414 g/mol. The summed E-state index contributed by atoms with van der Waals surface area (Å²) in [7, 11) is 0. The summed E-state index contributed by atoms with van der Waals surface area (Å²) in [4.78, 5) is 24.3. The first kappa shape index (κ1) is 20.5. The van der Waals surface area contributed by atoms with Crippen molar-refractivity contribution in [1.82, 2.24) is 19.1 Å². The molecule has 0 N–H and O–H groups in total. The molecule has 0 radical (unpaired) electrons. The molecule has 3 heterocycles. The molecule has 0 saturated heterocycles. The van der Waals surface area contributed by atoms with Crippen LogP contribution in [0.3, 0.4) is 0 Å². The molecule has 0 aliphatic heterocycles. The number of nitrogens with zero attached hydrogens (tertiary/aromatic N) is 4. The summed E-state index contributed by atoms with van der Waals surface area (Å²) in [5, 5.41) is 1.38. The maximum absolute atomic E-state index is 13.4. The Morgan fingerprint density at radius 2 is 2.10 bits per heavy atom. The molecule has 3 aromatic heterocycles. The zero-order valence-corrected chi connectivity index (χ0v) is 18.0. The van der Waals surface area contributed by atoms with Gasteiger partial charge in [-0.05, 0) is 37.7 Å². The molecule has 5 nitrogen and oxygen atoms in total. The summed E-state index contributed by atoms with van der Waals surface area (Å²) in [6.45, 7) is 0.102. The second kappa shape index (κ2) is 8.95. The molecule has 156 valence electrons. The van der Waals surface area contributed by atoms with Gasteiger partial charge in [-0.3, -0.25) is 13.9 Å². The van der Waals surface area contributed by atoms with Gasteiger partial charge in [-0.25, -0.2) is 9.97 Å². The van der Waals surface area contributed by atoms with Crippen LogP contribution >= 0.6 is 23.1 Å². The molecule has 3 aromatic rings. The lowest BCUT2D eigenvalue weighted by atomic mass is 9.97. The molecule has 0 aromatic carbocycles. The highest BCUT2D eigenvalue weighted by Crippen LogP contribution is 2.35. The molecular formula is C20H24F2N4OS2. The lowest BCUT2D eigenvalue weighted by Crippen LogP contribution is -2.24. The third-order valence-corrected chi connectivity index (χ3v) is 7.47. The summed E-state index contributed by atoms with van der Waals surface area (Å²) in [6, 6.07) is 0. The minimum atomic E-state index is -2.63. The van der Waals surface area contributed by atoms with Crippen LogP contribution in [0.2, 0.25) is 0 Å². The van der Waals surface area contributed by atoms with Crippen LogP contribution < -0.4 is 5.56 Å². The number of unbranched alkanes of at least 4 members (excludes halogenated alkanes) is 2. The molecule has 0 bridgehead atoms. The lowest BCUT2D eigenvalue weighted by molar-refractivity contribution is 0.0678. The Labute approximate surface area is 176 Å². The van der Waals surface area contributed by atoms with Crippen LogP contribution in [0.5, 0.6) is 0 Å². The molecule has 0 saturated carbocycles. The number of imidazole rings is 1. The summed E-state index contributed by atoms with van der Waals surface area (Å²) >= 11 is 2.93. The summed E-state index contributed by atoms with van der Waals surface area (Å²) in [5.74, 6) is 0.527. The van der Waals surface area contributed by atoms with E-state index >= 15 is 0 Å². The predicted octanol–water partition coefficient (Wildman–Crippen LogP) is 5.41. The van der Waals surface area contributed by atoms with Crippen molar-refractivity contribution in [3.8, 4) is 0 Å². The van der Waals surface area contributed by atoms with Crippen LogP contribution in [-0.4, -0.2) is 19.1 Å². The maximum atomic E-state index is 13.4. The first-order valence-electron chi connectivity index (χ1n) is 10.1. The van der Waals surface area contributed by atoms with E-state index in [9.17, 15) is 13.6 Å². The number of hydrogen-bond acceptors (Lipinski definition) is 5. The molecule has 0 spiro atoms. The largest absolute Gasteiger partial charge is 0.319 e. The second-order valence-electron chi connectivity index (χ2n) is 7.27. The Balaban J connectivity index is 1.71. The minimum Gasteiger partial charge on any atom is -0.287 e. The van der Waals surface area contributed by atoms with Gasteiger partial charge in [0.1, 0.15) is 10.7 Å². The zero-order chi connectivity index (χ0) is 20.4. The van der Waals surface area contributed by atoms with Gasteiger partial charge in [0.25, 0.3) is 5.56 Å². The van der Waals surface area contributed by atoms with Gasteiger partial charge in [-0.15, -0.1) is 11.3 Å². The van der Waals surface area contributed by atoms with Crippen molar-refractivity contribution in [1.29, 1.82) is 0 Å². The number of rotatable bonds is 8. The van der Waals surface area contributed by atoms with E-state index in [-0.39, 0.29) is 17.1 Å². The van der Waals surface area contributed by atoms with E-state index in [0.717, 1.165) is 59.7 Å². The number of hydrogen-bond donors (Lipinski definition) is 0. The molecule has 1 aliphatic carbocycles. The molecule has 29 heavy (non-hydrogen) atoms. The van der Waals surface area contributed by atoms with Gasteiger partial charge in [0, 0.05) is 23.8 Å². The normalized spacial score (nSPS) is 14.1. The Kier molecular flexibility index (Phi) is 6.34. The van der Waals surface area contributed by atoms with E-state index in [1.54, 1.807) is 15.9 Å². The van der Waals surface area contributed by atoms with Crippen LogP contribution in [-0.2, 0) is 25.1 Å². The average molecular weight is 439 g/mol. The molecule has 9 heteroatoms. The maximum Gasteiger partial charge on any atom is 0.319 e. The number of alkyl halides is 2. The predicted molar refractivity (Wildman–Crippen MR) is 113 cm³/mol. The molecule has 1 aliphatic rings. The first-order valence-corrected chi connectivity index (χ1v) is 11.9. The van der Waals surface area contributed by atoms with E-state index in [2.05, 4.69) is 11.9 Å². The minimum absolute atomic E-state index is 0.0187. The van der Waals surface area contributed by atoms with Crippen molar-refractivity contribution >= 4 is 33.3 Å². The molecule has 4 rings (SSSR count). The van der Waals surface area contributed by atoms with E-state index in [0.29, 0.717) is 11.7 Å². The van der Waals surface area contributed by atoms with Gasteiger partial charge in [0.2, 0.25) is 0 Å². The topological polar surface area (TPSA) is 52.7 Å². The summed E-state index contributed by atoms with van der Waals surface area (Å²) in [6.07, 6.45) is 9.87. The van der Waals surface area contributed by atoms with Gasteiger partial charge >= 0.3 is 6.55 Å². The third-order valence-electron chi connectivity index (χ3n) is 5.31. The summed E-state index contributed by atoms with van der Waals surface area (Å²) < 4.78 is 28.8. The number of thioether (sulfide) groups is 1. The fourth-order valence-corrected chi connectivity index (χ4v) is 6.09. The molecule has 0 amide bonds. The number of thiophene rings is 1. The molecule has 0 unspecified atom stereocenters.